The predicted octanol–water partition coefficient (Wildman–Crippen LogP) is 1.78. The van der Waals surface area contributed by atoms with E-state index >= 15 is 0 Å². The van der Waals surface area contributed by atoms with E-state index in [1.54, 1.807) is 0 Å². The highest BCUT2D eigenvalue weighted by atomic mass is 15.1. The molecule has 0 bridgehead atoms. The number of hydrogen-bond acceptors (Lipinski definition) is 4. The van der Waals surface area contributed by atoms with Gasteiger partial charge >= 0.3 is 0 Å². The van der Waals surface area contributed by atoms with Crippen molar-refractivity contribution in [3.8, 4) is 0 Å². The zero-order valence-electron chi connectivity index (χ0n) is 10.0. The Kier molecular flexibility index (Phi) is 3.39. The molecule has 1 aliphatic carbocycles. The van der Waals surface area contributed by atoms with Crippen LogP contribution < -0.4 is 11.1 Å². The van der Waals surface area contributed by atoms with Crippen LogP contribution in [0.15, 0.2) is 6.07 Å². The van der Waals surface area contributed by atoms with Crippen LogP contribution in [0, 0.1) is 13.8 Å². The number of rotatable bonds is 2. The number of hydrogen-bond donors (Lipinski definition) is 2. The highest BCUT2D eigenvalue weighted by Crippen LogP contribution is 2.19. The van der Waals surface area contributed by atoms with Crippen LogP contribution in [0.25, 0.3) is 0 Å². The molecule has 1 fully saturated rings. The monoisotopic (exact) mass is 220 g/mol. The standard InChI is InChI=1S/C12H20N4/c1-8-7-9(2)15-12(14-8)16-11-5-3-10(13)4-6-11/h7,10-11H,3-6,13H2,1-2H3,(H,14,15,16). The van der Waals surface area contributed by atoms with Gasteiger partial charge in [-0.1, -0.05) is 0 Å². The van der Waals surface area contributed by atoms with E-state index in [0.717, 1.165) is 43.0 Å². The van der Waals surface area contributed by atoms with E-state index in [-0.39, 0.29) is 0 Å². The van der Waals surface area contributed by atoms with Gasteiger partial charge in [0.2, 0.25) is 5.95 Å². The Balaban J connectivity index is 1.98. The Morgan fingerprint density at radius 1 is 1.12 bits per heavy atom. The van der Waals surface area contributed by atoms with Crippen LogP contribution in [0.2, 0.25) is 0 Å². The fourth-order valence-corrected chi connectivity index (χ4v) is 2.24. The molecule has 88 valence electrons. The second-order valence-corrected chi connectivity index (χ2v) is 4.73. The SMILES string of the molecule is Cc1cc(C)nc(NC2CCC(N)CC2)n1. The lowest BCUT2D eigenvalue weighted by atomic mass is 9.92. The molecule has 1 saturated carbocycles. The highest BCUT2D eigenvalue weighted by Gasteiger charge is 2.18. The van der Waals surface area contributed by atoms with Crippen molar-refractivity contribution in [2.24, 2.45) is 5.73 Å². The van der Waals surface area contributed by atoms with Crippen LogP contribution in [-0.4, -0.2) is 22.1 Å². The summed E-state index contributed by atoms with van der Waals surface area (Å²) in [7, 11) is 0. The van der Waals surface area contributed by atoms with Crippen molar-refractivity contribution in [1.82, 2.24) is 9.97 Å². The van der Waals surface area contributed by atoms with Crippen LogP contribution in [0.4, 0.5) is 5.95 Å². The Morgan fingerprint density at radius 3 is 2.25 bits per heavy atom. The van der Waals surface area contributed by atoms with Gasteiger partial charge in [0.1, 0.15) is 0 Å². The second-order valence-electron chi connectivity index (χ2n) is 4.73. The zero-order chi connectivity index (χ0) is 11.5. The summed E-state index contributed by atoms with van der Waals surface area (Å²) < 4.78 is 0. The second kappa shape index (κ2) is 4.78. The summed E-state index contributed by atoms with van der Waals surface area (Å²) in [5.74, 6) is 0.762. The van der Waals surface area contributed by atoms with Crippen LogP contribution in [0.5, 0.6) is 0 Å². The molecule has 1 aromatic heterocycles. The lowest BCUT2D eigenvalue weighted by molar-refractivity contribution is 0.409. The normalized spacial score (nSPS) is 25.4. The van der Waals surface area contributed by atoms with Gasteiger partial charge < -0.3 is 11.1 Å². The first-order chi connectivity index (χ1) is 7.63. The number of aryl methyl sites for hydroxylation is 2. The van der Waals surface area contributed by atoms with Crippen LogP contribution in [-0.2, 0) is 0 Å². The highest BCUT2D eigenvalue weighted by molar-refractivity contribution is 5.29. The molecule has 0 aliphatic heterocycles. The smallest absolute Gasteiger partial charge is 0.223 e. The Labute approximate surface area is 96.7 Å². The maximum Gasteiger partial charge on any atom is 0.223 e. The predicted molar refractivity (Wildman–Crippen MR) is 65.4 cm³/mol. The van der Waals surface area contributed by atoms with Gasteiger partial charge in [0, 0.05) is 23.5 Å². The summed E-state index contributed by atoms with van der Waals surface area (Å²) in [5.41, 5.74) is 7.91. The summed E-state index contributed by atoms with van der Waals surface area (Å²) >= 11 is 0. The minimum Gasteiger partial charge on any atom is -0.351 e. The van der Waals surface area contributed by atoms with Gasteiger partial charge in [-0.3, -0.25) is 0 Å². The summed E-state index contributed by atoms with van der Waals surface area (Å²) in [6.07, 6.45) is 4.44. The van der Waals surface area contributed by atoms with E-state index < -0.39 is 0 Å². The first kappa shape index (κ1) is 11.3. The van der Waals surface area contributed by atoms with Crippen LogP contribution >= 0.6 is 0 Å². The molecule has 4 heteroatoms. The summed E-state index contributed by atoms with van der Waals surface area (Å²) in [5, 5.41) is 3.41. The lowest BCUT2D eigenvalue weighted by Gasteiger charge is -2.26. The van der Waals surface area contributed by atoms with Gasteiger partial charge in [0.05, 0.1) is 0 Å². The van der Waals surface area contributed by atoms with Gasteiger partial charge in [-0.05, 0) is 45.6 Å². The van der Waals surface area contributed by atoms with Gasteiger partial charge in [-0.2, -0.15) is 0 Å². The fourth-order valence-electron chi connectivity index (χ4n) is 2.24. The molecule has 0 spiro atoms. The molecule has 0 radical (unpaired) electrons. The minimum absolute atomic E-state index is 0.387. The largest absolute Gasteiger partial charge is 0.351 e. The molecule has 0 aromatic carbocycles. The fraction of sp³-hybridized carbons (Fsp3) is 0.667. The van der Waals surface area contributed by atoms with Crippen molar-refractivity contribution in [2.75, 3.05) is 5.32 Å². The molecule has 3 N–H and O–H groups in total. The van der Waals surface area contributed by atoms with E-state index in [9.17, 15) is 0 Å². The van der Waals surface area contributed by atoms with Gasteiger partial charge in [-0.25, -0.2) is 9.97 Å². The van der Waals surface area contributed by atoms with E-state index in [2.05, 4.69) is 15.3 Å². The first-order valence-corrected chi connectivity index (χ1v) is 5.98. The Hall–Kier alpha value is -1.16. The summed E-state index contributed by atoms with van der Waals surface area (Å²) in [6.45, 7) is 3.99. The molecular formula is C12H20N4. The quantitative estimate of drug-likeness (QED) is 0.797. The van der Waals surface area contributed by atoms with E-state index in [0.29, 0.717) is 12.1 Å². The number of nitrogens with zero attached hydrogens (tertiary/aromatic N) is 2. The third-order valence-corrected chi connectivity index (χ3v) is 3.09. The Bertz CT molecular complexity index is 336. The molecule has 1 heterocycles. The van der Waals surface area contributed by atoms with Crippen molar-refractivity contribution < 1.29 is 0 Å². The number of anilines is 1. The minimum atomic E-state index is 0.387. The molecular weight excluding hydrogens is 200 g/mol. The molecule has 4 nitrogen and oxygen atoms in total. The molecule has 1 aliphatic rings. The van der Waals surface area contributed by atoms with E-state index in [1.165, 1.54) is 0 Å². The topological polar surface area (TPSA) is 63.8 Å². The number of nitrogens with two attached hydrogens (primary N) is 1. The summed E-state index contributed by atoms with van der Waals surface area (Å²) in [4.78, 5) is 8.79. The van der Waals surface area contributed by atoms with Crippen molar-refractivity contribution >= 4 is 5.95 Å². The first-order valence-electron chi connectivity index (χ1n) is 5.98. The van der Waals surface area contributed by atoms with Crippen LogP contribution in [0.3, 0.4) is 0 Å². The van der Waals surface area contributed by atoms with Crippen molar-refractivity contribution in [3.05, 3.63) is 17.5 Å². The molecule has 0 unspecified atom stereocenters. The maximum atomic E-state index is 5.88. The zero-order valence-corrected chi connectivity index (χ0v) is 10.0. The molecule has 0 saturated heterocycles. The van der Waals surface area contributed by atoms with Gasteiger partial charge in [0.25, 0.3) is 0 Å². The molecule has 1 aromatic rings. The van der Waals surface area contributed by atoms with E-state index in [1.807, 2.05) is 19.9 Å². The molecule has 16 heavy (non-hydrogen) atoms. The average Bonchev–Trinajstić information content (AvgIpc) is 2.20. The molecule has 0 atom stereocenters. The van der Waals surface area contributed by atoms with E-state index in [4.69, 9.17) is 5.73 Å². The number of aromatic nitrogens is 2. The Morgan fingerprint density at radius 2 is 1.69 bits per heavy atom. The molecule has 2 rings (SSSR count). The van der Waals surface area contributed by atoms with Gasteiger partial charge in [0.15, 0.2) is 0 Å². The molecule has 0 amide bonds. The third kappa shape index (κ3) is 2.92. The van der Waals surface area contributed by atoms with Crippen molar-refractivity contribution in [3.63, 3.8) is 0 Å². The average molecular weight is 220 g/mol. The van der Waals surface area contributed by atoms with Gasteiger partial charge in [-0.15, -0.1) is 0 Å². The maximum absolute atomic E-state index is 5.88. The third-order valence-electron chi connectivity index (χ3n) is 3.09. The summed E-state index contributed by atoms with van der Waals surface area (Å²) in [6, 6.07) is 2.86. The van der Waals surface area contributed by atoms with Crippen molar-refractivity contribution in [1.29, 1.82) is 0 Å². The lowest BCUT2D eigenvalue weighted by Crippen LogP contribution is -2.33. The van der Waals surface area contributed by atoms with Crippen LogP contribution in [0.1, 0.15) is 37.1 Å². The number of nitrogens with one attached hydrogen (secondary N) is 1. The van der Waals surface area contributed by atoms with Crippen molar-refractivity contribution in [2.45, 2.75) is 51.6 Å².